The van der Waals surface area contributed by atoms with Crippen molar-refractivity contribution in [1.82, 2.24) is 19.8 Å². The Kier molecular flexibility index (Phi) is 7.09. The van der Waals surface area contributed by atoms with E-state index in [1.807, 2.05) is 0 Å². The first-order valence-corrected chi connectivity index (χ1v) is 12.2. The molecule has 1 aromatic heterocycles. The second-order valence-electron chi connectivity index (χ2n) is 10.5. The zero-order chi connectivity index (χ0) is 24.5. The van der Waals surface area contributed by atoms with Crippen LogP contribution < -0.4 is 10.2 Å². The van der Waals surface area contributed by atoms with Crippen LogP contribution in [0.2, 0.25) is 0 Å². The number of carbonyl (C=O) groups is 1. The van der Waals surface area contributed by atoms with Crippen LogP contribution in [0.25, 0.3) is 0 Å². The fourth-order valence-electron chi connectivity index (χ4n) is 4.67. The smallest absolute Gasteiger partial charge is 0.415 e. The molecule has 1 N–H and O–H groups in total. The molecule has 2 aliphatic heterocycles. The quantitative estimate of drug-likeness (QED) is 0.657. The summed E-state index contributed by atoms with van der Waals surface area (Å²) in [5.41, 5.74) is 2.69. The van der Waals surface area contributed by atoms with Crippen LogP contribution in [0.4, 0.5) is 16.6 Å². The normalized spacial score (nSPS) is 22.1. The van der Waals surface area contributed by atoms with Gasteiger partial charge in [0.2, 0.25) is 5.95 Å². The van der Waals surface area contributed by atoms with E-state index in [1.165, 1.54) is 5.56 Å². The molecule has 4 rings (SSSR count). The summed E-state index contributed by atoms with van der Waals surface area (Å²) in [5.74, 6) is 1.33. The first kappa shape index (κ1) is 24.4. The molecular weight excluding hydrogens is 428 g/mol. The number of nitrogens with zero attached hydrogens (tertiary/aromatic N) is 5. The molecule has 1 unspecified atom stereocenters. The van der Waals surface area contributed by atoms with Gasteiger partial charge in [0.15, 0.2) is 0 Å². The van der Waals surface area contributed by atoms with Gasteiger partial charge in [-0.3, -0.25) is 14.7 Å². The van der Waals surface area contributed by atoms with Crippen molar-refractivity contribution in [2.24, 2.45) is 5.92 Å². The Labute approximate surface area is 203 Å². The summed E-state index contributed by atoms with van der Waals surface area (Å²) < 4.78 is 5.27. The van der Waals surface area contributed by atoms with Gasteiger partial charge in [-0.2, -0.15) is 4.98 Å². The second-order valence-corrected chi connectivity index (χ2v) is 10.5. The third-order valence-corrected chi connectivity index (χ3v) is 7.19. The zero-order valence-corrected chi connectivity index (χ0v) is 21.3. The maximum absolute atomic E-state index is 12.3. The van der Waals surface area contributed by atoms with E-state index in [0.717, 1.165) is 31.7 Å². The number of carbonyl (C=O) groups excluding carboxylic acids is 1. The van der Waals surface area contributed by atoms with Crippen LogP contribution >= 0.6 is 0 Å². The first-order chi connectivity index (χ1) is 16.1. The Morgan fingerprint density at radius 3 is 2.56 bits per heavy atom. The Morgan fingerprint density at radius 1 is 1.15 bits per heavy atom. The van der Waals surface area contributed by atoms with Crippen LogP contribution in [0.1, 0.15) is 51.8 Å². The van der Waals surface area contributed by atoms with E-state index in [1.54, 1.807) is 17.2 Å². The molecule has 0 spiro atoms. The predicted octanol–water partition coefficient (Wildman–Crippen LogP) is 4.16. The lowest BCUT2D eigenvalue weighted by Gasteiger charge is -2.45. The Bertz CT molecular complexity index is 993. The summed E-state index contributed by atoms with van der Waals surface area (Å²) >= 11 is 0. The summed E-state index contributed by atoms with van der Waals surface area (Å²) in [6.45, 7) is 15.5. The number of aromatic nitrogens is 2. The lowest BCUT2D eigenvalue weighted by atomic mass is 9.99. The van der Waals surface area contributed by atoms with Gasteiger partial charge >= 0.3 is 6.09 Å². The minimum absolute atomic E-state index is 0.0221. The average molecular weight is 467 g/mol. The van der Waals surface area contributed by atoms with E-state index in [-0.39, 0.29) is 29.6 Å². The van der Waals surface area contributed by atoms with Crippen LogP contribution in [-0.4, -0.2) is 70.7 Å². The van der Waals surface area contributed by atoms with E-state index >= 15 is 0 Å². The van der Waals surface area contributed by atoms with E-state index < -0.39 is 0 Å². The molecule has 1 amide bonds. The highest BCUT2D eigenvalue weighted by molar-refractivity contribution is 5.89. The van der Waals surface area contributed by atoms with Gasteiger partial charge in [0.1, 0.15) is 12.4 Å². The average Bonchev–Trinajstić information content (AvgIpc) is 3.18. The highest BCUT2D eigenvalue weighted by Gasteiger charge is 2.37. The van der Waals surface area contributed by atoms with Gasteiger partial charge < -0.3 is 10.1 Å². The van der Waals surface area contributed by atoms with E-state index in [4.69, 9.17) is 4.74 Å². The molecule has 0 radical (unpaired) electrons. The number of anilines is 2. The first-order valence-electron chi connectivity index (χ1n) is 12.2. The Hall–Kier alpha value is -2.71. The van der Waals surface area contributed by atoms with Crippen molar-refractivity contribution in [2.45, 2.75) is 58.8 Å². The Balaban J connectivity index is 1.39. The van der Waals surface area contributed by atoms with Gasteiger partial charge in [-0.05, 0) is 50.9 Å². The molecular formula is C26H38N6O2. The van der Waals surface area contributed by atoms with Gasteiger partial charge in [0.25, 0.3) is 0 Å². The van der Waals surface area contributed by atoms with Crippen LogP contribution in [0.15, 0.2) is 36.5 Å². The van der Waals surface area contributed by atoms with Crippen LogP contribution in [-0.2, 0) is 11.3 Å². The molecule has 0 bridgehead atoms. The SMILES string of the molecule is CC(C)C1COC(=O)N1c1ccnc(N[C@@H](C)c2ccc(CN3CCN(C)C(C)(C)C3)cc2)n1. The number of amides is 1. The molecule has 2 fully saturated rings. The molecule has 2 aliphatic rings. The van der Waals surface area contributed by atoms with Gasteiger partial charge in [-0.1, -0.05) is 38.1 Å². The van der Waals surface area contributed by atoms with E-state index in [2.05, 4.69) is 91.0 Å². The van der Waals surface area contributed by atoms with Gasteiger partial charge in [0, 0.05) is 37.9 Å². The van der Waals surface area contributed by atoms with Crippen LogP contribution in [0, 0.1) is 5.92 Å². The third-order valence-electron chi connectivity index (χ3n) is 7.19. The minimum Gasteiger partial charge on any atom is -0.447 e. The van der Waals surface area contributed by atoms with Crippen molar-refractivity contribution in [3.8, 4) is 0 Å². The molecule has 2 atom stereocenters. The number of nitrogens with one attached hydrogen (secondary N) is 1. The summed E-state index contributed by atoms with van der Waals surface area (Å²) in [7, 11) is 2.21. The molecule has 34 heavy (non-hydrogen) atoms. The Morgan fingerprint density at radius 2 is 1.88 bits per heavy atom. The number of hydrogen-bond donors (Lipinski definition) is 1. The van der Waals surface area contributed by atoms with Crippen molar-refractivity contribution >= 4 is 17.9 Å². The van der Waals surface area contributed by atoms with Gasteiger partial charge in [0.05, 0.1) is 12.1 Å². The fraction of sp³-hybridized carbons (Fsp3) is 0.577. The topological polar surface area (TPSA) is 73.8 Å². The van der Waals surface area contributed by atoms with Crippen molar-refractivity contribution < 1.29 is 9.53 Å². The molecule has 184 valence electrons. The van der Waals surface area contributed by atoms with Crippen LogP contribution in [0.3, 0.4) is 0 Å². The highest BCUT2D eigenvalue weighted by Crippen LogP contribution is 2.27. The minimum atomic E-state index is -0.351. The standard InChI is InChI=1S/C26H38N6O2/c1-18(2)22-16-34-25(33)32(22)23-11-12-27-24(29-23)28-19(3)21-9-7-20(8-10-21)15-31-14-13-30(6)26(4,5)17-31/h7-12,18-19,22H,13-17H2,1-6H3,(H,27,28,29)/t19-,22?/m0/s1. The van der Waals surface area contributed by atoms with Crippen molar-refractivity contribution in [3.05, 3.63) is 47.7 Å². The van der Waals surface area contributed by atoms with Crippen molar-refractivity contribution in [2.75, 3.05) is 43.5 Å². The van der Waals surface area contributed by atoms with Crippen molar-refractivity contribution in [1.29, 1.82) is 0 Å². The highest BCUT2D eigenvalue weighted by atomic mass is 16.6. The summed E-state index contributed by atoms with van der Waals surface area (Å²) in [6, 6.07) is 10.5. The number of cyclic esters (lactones) is 1. The number of ether oxygens (including phenoxy) is 1. The van der Waals surface area contributed by atoms with Gasteiger partial charge in [-0.25, -0.2) is 9.78 Å². The second kappa shape index (κ2) is 9.88. The molecule has 0 aliphatic carbocycles. The molecule has 1 aromatic carbocycles. The van der Waals surface area contributed by atoms with Crippen molar-refractivity contribution in [3.63, 3.8) is 0 Å². The molecule has 0 saturated carbocycles. The molecule has 2 saturated heterocycles. The molecule has 8 nitrogen and oxygen atoms in total. The zero-order valence-electron chi connectivity index (χ0n) is 21.3. The van der Waals surface area contributed by atoms with E-state index in [0.29, 0.717) is 18.4 Å². The lowest BCUT2D eigenvalue weighted by Crippen LogP contribution is -2.57. The summed E-state index contributed by atoms with van der Waals surface area (Å²) in [6.07, 6.45) is 1.33. The lowest BCUT2D eigenvalue weighted by molar-refractivity contribution is 0.0360. The number of benzene rings is 1. The summed E-state index contributed by atoms with van der Waals surface area (Å²) in [4.78, 5) is 27.9. The third kappa shape index (κ3) is 5.33. The van der Waals surface area contributed by atoms with Gasteiger partial charge in [-0.15, -0.1) is 0 Å². The maximum Gasteiger partial charge on any atom is 0.415 e. The number of hydrogen-bond acceptors (Lipinski definition) is 7. The largest absolute Gasteiger partial charge is 0.447 e. The molecule has 2 aromatic rings. The fourth-order valence-corrected chi connectivity index (χ4v) is 4.67. The maximum atomic E-state index is 12.3. The predicted molar refractivity (Wildman–Crippen MR) is 135 cm³/mol. The molecule has 8 heteroatoms. The number of piperazine rings is 1. The van der Waals surface area contributed by atoms with Crippen LogP contribution in [0.5, 0.6) is 0 Å². The monoisotopic (exact) mass is 466 g/mol. The van der Waals surface area contributed by atoms with E-state index in [9.17, 15) is 4.79 Å². The number of rotatable bonds is 7. The molecule has 3 heterocycles. The number of likely N-dealkylation sites (N-methyl/N-ethyl adjacent to an activating group) is 1. The summed E-state index contributed by atoms with van der Waals surface area (Å²) in [5, 5.41) is 3.38.